The van der Waals surface area contributed by atoms with Crippen LogP contribution in [0.5, 0.6) is 0 Å². The Labute approximate surface area is 121 Å². The predicted molar refractivity (Wildman–Crippen MR) is 86.1 cm³/mol. The van der Waals surface area contributed by atoms with E-state index in [1.54, 1.807) is 0 Å². The molecule has 0 amide bonds. The lowest BCUT2D eigenvalue weighted by molar-refractivity contribution is 0.775. The Balaban J connectivity index is 2.97. The number of nitrogens with one attached hydrogen (secondary N) is 1. The van der Waals surface area contributed by atoms with Crippen molar-refractivity contribution in [3.63, 3.8) is 0 Å². The van der Waals surface area contributed by atoms with Gasteiger partial charge in [0.25, 0.3) is 0 Å². The van der Waals surface area contributed by atoms with Gasteiger partial charge in [0.2, 0.25) is 0 Å². The molecule has 17 heavy (non-hydrogen) atoms. The zero-order chi connectivity index (χ0) is 12.8. The largest absolute Gasteiger partial charge is 0.389 e. The molecular formula is C12H17BrN2S2. The summed E-state index contributed by atoms with van der Waals surface area (Å²) in [5.41, 5.74) is 7.66. The van der Waals surface area contributed by atoms with E-state index in [2.05, 4.69) is 34.4 Å². The molecule has 0 spiro atoms. The van der Waals surface area contributed by atoms with Crippen LogP contribution in [0.1, 0.15) is 18.9 Å². The molecule has 0 bridgehead atoms. The van der Waals surface area contributed by atoms with Crippen LogP contribution in [0.15, 0.2) is 22.7 Å². The van der Waals surface area contributed by atoms with Gasteiger partial charge in [-0.1, -0.05) is 25.2 Å². The molecule has 0 saturated heterocycles. The van der Waals surface area contributed by atoms with Crippen molar-refractivity contribution in [2.24, 2.45) is 5.73 Å². The van der Waals surface area contributed by atoms with Crippen LogP contribution in [0, 0.1) is 0 Å². The highest BCUT2D eigenvalue weighted by Gasteiger charge is 2.12. The van der Waals surface area contributed by atoms with Crippen LogP contribution in [-0.2, 0) is 0 Å². The summed E-state index contributed by atoms with van der Waals surface area (Å²) in [7, 11) is 0. The number of benzene rings is 1. The van der Waals surface area contributed by atoms with E-state index in [9.17, 15) is 0 Å². The molecule has 0 saturated carbocycles. The normalized spacial score (nSPS) is 12.2. The van der Waals surface area contributed by atoms with Crippen LogP contribution < -0.4 is 11.1 Å². The lowest BCUT2D eigenvalue weighted by Crippen LogP contribution is -2.23. The fourth-order valence-electron chi connectivity index (χ4n) is 1.58. The van der Waals surface area contributed by atoms with Gasteiger partial charge in [0, 0.05) is 27.5 Å². The third-order valence-electron chi connectivity index (χ3n) is 2.48. The van der Waals surface area contributed by atoms with Crippen LogP contribution in [0.3, 0.4) is 0 Å². The number of nitrogens with two attached hydrogens (primary N) is 1. The highest BCUT2D eigenvalue weighted by molar-refractivity contribution is 9.10. The molecule has 1 aromatic rings. The highest BCUT2D eigenvalue weighted by Crippen LogP contribution is 2.26. The molecule has 1 atom stereocenters. The molecule has 0 aromatic heterocycles. The minimum absolute atomic E-state index is 0.416. The van der Waals surface area contributed by atoms with E-state index in [1.165, 1.54) is 0 Å². The lowest BCUT2D eigenvalue weighted by Gasteiger charge is -2.20. The van der Waals surface area contributed by atoms with Crippen molar-refractivity contribution >= 4 is 50.6 Å². The molecule has 0 aliphatic heterocycles. The minimum atomic E-state index is 0.416. The first kappa shape index (κ1) is 14.8. The lowest BCUT2D eigenvalue weighted by atomic mass is 10.1. The maximum absolute atomic E-state index is 5.76. The molecule has 0 radical (unpaired) electrons. The van der Waals surface area contributed by atoms with Crippen molar-refractivity contribution in [3.05, 3.63) is 28.2 Å². The molecule has 1 unspecified atom stereocenters. The van der Waals surface area contributed by atoms with Crippen molar-refractivity contribution in [1.29, 1.82) is 0 Å². The highest BCUT2D eigenvalue weighted by atomic mass is 79.9. The summed E-state index contributed by atoms with van der Waals surface area (Å²) < 4.78 is 0.939. The fraction of sp³-hybridized carbons (Fsp3) is 0.417. The van der Waals surface area contributed by atoms with Crippen LogP contribution in [0.25, 0.3) is 0 Å². The maximum atomic E-state index is 5.76. The van der Waals surface area contributed by atoms with Gasteiger partial charge in [0.1, 0.15) is 4.99 Å². The summed E-state index contributed by atoms with van der Waals surface area (Å²) in [6, 6.07) is 6.39. The van der Waals surface area contributed by atoms with E-state index < -0.39 is 0 Å². The van der Waals surface area contributed by atoms with E-state index in [1.807, 2.05) is 30.0 Å². The van der Waals surface area contributed by atoms with Gasteiger partial charge in [-0.15, -0.1) is 0 Å². The number of halogens is 1. The van der Waals surface area contributed by atoms with Gasteiger partial charge in [0.15, 0.2) is 0 Å². The smallest absolute Gasteiger partial charge is 0.107 e. The predicted octanol–water partition coefficient (Wildman–Crippen LogP) is 3.64. The Morgan fingerprint density at radius 1 is 1.59 bits per heavy atom. The Hall–Kier alpha value is -0.260. The monoisotopic (exact) mass is 332 g/mol. The Bertz CT molecular complexity index is 396. The number of anilines is 1. The third-order valence-corrected chi connectivity index (χ3v) is 4.08. The second-order valence-electron chi connectivity index (χ2n) is 3.73. The molecule has 1 aromatic carbocycles. The number of hydrogen-bond donors (Lipinski definition) is 2. The Morgan fingerprint density at radius 3 is 2.82 bits per heavy atom. The van der Waals surface area contributed by atoms with Crippen LogP contribution in [0.2, 0.25) is 0 Å². The molecular weight excluding hydrogens is 316 g/mol. The van der Waals surface area contributed by atoms with E-state index in [0.717, 1.165) is 27.9 Å². The average molecular weight is 333 g/mol. The summed E-state index contributed by atoms with van der Waals surface area (Å²) in [6.07, 6.45) is 3.18. The second-order valence-corrected chi connectivity index (χ2v) is 5.94. The van der Waals surface area contributed by atoms with Gasteiger partial charge in [-0.2, -0.15) is 11.8 Å². The number of thiocarbonyl (C=S) groups is 1. The number of thioether (sulfide) groups is 1. The summed E-state index contributed by atoms with van der Waals surface area (Å²) in [5.74, 6) is 1.07. The standard InChI is InChI=1S/C12H17BrN2S2/c1-3-8(7-17-2)15-10-6-4-5-9(13)11(10)12(14)16/h4-6,8,15H,3,7H2,1-2H3,(H2,14,16). The van der Waals surface area contributed by atoms with E-state index in [4.69, 9.17) is 18.0 Å². The Morgan fingerprint density at radius 2 is 2.29 bits per heavy atom. The summed E-state index contributed by atoms with van der Waals surface area (Å²) >= 11 is 10.4. The van der Waals surface area contributed by atoms with Gasteiger partial charge in [0.05, 0.1) is 0 Å². The van der Waals surface area contributed by atoms with Crippen molar-refractivity contribution in [2.45, 2.75) is 19.4 Å². The number of rotatable bonds is 6. The summed E-state index contributed by atoms with van der Waals surface area (Å²) in [5, 5.41) is 3.50. The van der Waals surface area contributed by atoms with Crippen molar-refractivity contribution in [3.8, 4) is 0 Å². The molecule has 2 nitrogen and oxygen atoms in total. The Kier molecular flexibility index (Phi) is 6.30. The van der Waals surface area contributed by atoms with E-state index in [0.29, 0.717) is 11.0 Å². The first-order valence-corrected chi connectivity index (χ1v) is 8.03. The van der Waals surface area contributed by atoms with Crippen molar-refractivity contribution in [1.82, 2.24) is 0 Å². The third kappa shape index (κ3) is 4.16. The van der Waals surface area contributed by atoms with E-state index >= 15 is 0 Å². The topological polar surface area (TPSA) is 38.0 Å². The summed E-state index contributed by atoms with van der Waals surface area (Å²) in [4.78, 5) is 0.416. The maximum Gasteiger partial charge on any atom is 0.107 e. The van der Waals surface area contributed by atoms with Gasteiger partial charge < -0.3 is 11.1 Å². The summed E-state index contributed by atoms with van der Waals surface area (Å²) in [6.45, 7) is 2.17. The minimum Gasteiger partial charge on any atom is -0.389 e. The molecule has 0 aliphatic rings. The molecule has 0 fully saturated rings. The van der Waals surface area contributed by atoms with Crippen molar-refractivity contribution < 1.29 is 0 Å². The number of hydrogen-bond acceptors (Lipinski definition) is 3. The van der Waals surface area contributed by atoms with Gasteiger partial charge >= 0.3 is 0 Å². The fourth-order valence-corrected chi connectivity index (χ4v) is 3.23. The zero-order valence-corrected chi connectivity index (χ0v) is 13.2. The molecule has 1 rings (SSSR count). The first-order chi connectivity index (χ1) is 8.10. The SMILES string of the molecule is CCC(CSC)Nc1cccc(Br)c1C(N)=S. The van der Waals surface area contributed by atoms with Crippen molar-refractivity contribution in [2.75, 3.05) is 17.3 Å². The van der Waals surface area contributed by atoms with Crippen LogP contribution in [0.4, 0.5) is 5.69 Å². The van der Waals surface area contributed by atoms with Crippen LogP contribution in [-0.4, -0.2) is 23.0 Å². The molecule has 0 aliphatic carbocycles. The molecule has 3 N–H and O–H groups in total. The van der Waals surface area contributed by atoms with Gasteiger partial charge in [-0.05, 0) is 40.7 Å². The van der Waals surface area contributed by atoms with Gasteiger partial charge in [-0.3, -0.25) is 0 Å². The van der Waals surface area contributed by atoms with Gasteiger partial charge in [-0.25, -0.2) is 0 Å². The molecule has 94 valence electrons. The average Bonchev–Trinajstić information content (AvgIpc) is 2.28. The molecule has 5 heteroatoms. The zero-order valence-electron chi connectivity index (χ0n) is 10.00. The quantitative estimate of drug-likeness (QED) is 0.780. The van der Waals surface area contributed by atoms with E-state index in [-0.39, 0.29) is 0 Å². The molecule has 0 heterocycles. The second kappa shape index (κ2) is 7.24. The first-order valence-electron chi connectivity index (χ1n) is 5.44. The van der Waals surface area contributed by atoms with Crippen LogP contribution >= 0.6 is 39.9 Å².